The zero-order valence-electron chi connectivity index (χ0n) is 6.32. The van der Waals surface area contributed by atoms with Gasteiger partial charge in [-0.3, -0.25) is 4.79 Å². The summed E-state index contributed by atoms with van der Waals surface area (Å²) in [6, 6.07) is 0. The normalized spacial score (nSPS) is 10.8. The highest BCUT2D eigenvalue weighted by molar-refractivity contribution is 7.87. The van der Waals surface area contributed by atoms with Crippen molar-refractivity contribution >= 4 is 16.2 Å². The summed E-state index contributed by atoms with van der Waals surface area (Å²) < 4.78 is 26.7. The van der Waals surface area contributed by atoms with Crippen LogP contribution in [0.4, 0.5) is 0 Å². The van der Waals surface area contributed by atoms with Crippen LogP contribution in [0.3, 0.4) is 0 Å². The van der Waals surface area contributed by atoms with Gasteiger partial charge in [-0.15, -0.1) is 0 Å². The van der Waals surface area contributed by atoms with Crippen LogP contribution in [0.5, 0.6) is 0 Å². The predicted octanol–water partition coefficient (Wildman–Crippen LogP) is -1.49. The molecular weight excluding hydrogens is 184 g/mol. The van der Waals surface area contributed by atoms with Crippen LogP contribution in [0.1, 0.15) is 0 Å². The van der Waals surface area contributed by atoms with Gasteiger partial charge >= 0.3 is 5.97 Å². The van der Waals surface area contributed by atoms with E-state index in [1.807, 2.05) is 0 Å². The van der Waals surface area contributed by atoms with E-state index in [9.17, 15) is 13.2 Å². The quantitative estimate of drug-likeness (QED) is 0.411. The largest absolute Gasteiger partial charge is 0.460 e. The van der Waals surface area contributed by atoms with Crippen molar-refractivity contribution in [2.45, 2.75) is 0 Å². The van der Waals surface area contributed by atoms with Crippen molar-refractivity contribution in [2.24, 2.45) is 5.14 Å². The Morgan fingerprint density at radius 3 is 2.67 bits per heavy atom. The molecule has 0 radical (unpaired) electrons. The Labute approximate surface area is 70.6 Å². The van der Waals surface area contributed by atoms with Crippen molar-refractivity contribution in [1.82, 2.24) is 4.72 Å². The molecule has 70 valence electrons. The molecule has 12 heavy (non-hydrogen) atoms. The van der Waals surface area contributed by atoms with Gasteiger partial charge in [-0.1, -0.05) is 12.7 Å². The third-order valence-corrected chi connectivity index (χ3v) is 1.33. The van der Waals surface area contributed by atoms with Crippen molar-refractivity contribution < 1.29 is 17.9 Å². The van der Waals surface area contributed by atoms with E-state index in [2.05, 4.69) is 16.5 Å². The molecule has 0 aliphatic heterocycles. The molecule has 0 bridgehead atoms. The van der Waals surface area contributed by atoms with E-state index >= 15 is 0 Å². The molecule has 0 rings (SSSR count). The molecule has 0 saturated carbocycles. The molecule has 6 nitrogen and oxygen atoms in total. The number of nitrogens with one attached hydrogen (secondary N) is 1. The van der Waals surface area contributed by atoms with Crippen LogP contribution < -0.4 is 9.86 Å². The fourth-order valence-corrected chi connectivity index (χ4v) is 0.681. The average Bonchev–Trinajstić information content (AvgIpc) is 1.95. The molecule has 0 amide bonds. The van der Waals surface area contributed by atoms with Crippen LogP contribution in [-0.2, 0) is 19.7 Å². The van der Waals surface area contributed by atoms with Crippen molar-refractivity contribution in [3.05, 3.63) is 12.7 Å². The topological polar surface area (TPSA) is 98.5 Å². The van der Waals surface area contributed by atoms with E-state index in [4.69, 9.17) is 0 Å². The molecule has 3 N–H and O–H groups in total. The SMILES string of the molecule is C=CCOC(=O)CNS(N)(=O)=O. The Kier molecular flexibility index (Phi) is 4.49. The Morgan fingerprint density at radius 2 is 2.25 bits per heavy atom. The minimum Gasteiger partial charge on any atom is -0.460 e. The lowest BCUT2D eigenvalue weighted by Gasteiger charge is -2.01. The Hall–Kier alpha value is -0.920. The second-order valence-corrected chi connectivity index (χ2v) is 3.22. The smallest absolute Gasteiger partial charge is 0.321 e. The maximum Gasteiger partial charge on any atom is 0.321 e. The van der Waals surface area contributed by atoms with E-state index in [1.165, 1.54) is 6.08 Å². The second-order valence-electron chi connectivity index (χ2n) is 1.84. The number of hydrogen-bond donors (Lipinski definition) is 2. The Bertz CT molecular complexity index is 259. The molecule has 7 heteroatoms. The maximum absolute atomic E-state index is 10.6. The molecule has 0 saturated heterocycles. The van der Waals surface area contributed by atoms with E-state index in [1.54, 1.807) is 4.72 Å². The average molecular weight is 194 g/mol. The summed E-state index contributed by atoms with van der Waals surface area (Å²) in [5.41, 5.74) is 0. The van der Waals surface area contributed by atoms with Gasteiger partial charge in [0.1, 0.15) is 13.2 Å². The van der Waals surface area contributed by atoms with Gasteiger partial charge in [0.05, 0.1) is 0 Å². The lowest BCUT2D eigenvalue weighted by Crippen LogP contribution is -2.35. The molecule has 0 aromatic heterocycles. The first-order valence-electron chi connectivity index (χ1n) is 2.99. The molecule has 0 spiro atoms. The minimum atomic E-state index is -3.82. The highest BCUT2D eigenvalue weighted by Crippen LogP contribution is 1.77. The van der Waals surface area contributed by atoms with Crippen LogP contribution in [0.2, 0.25) is 0 Å². The van der Waals surface area contributed by atoms with Crippen molar-refractivity contribution in [2.75, 3.05) is 13.2 Å². The van der Waals surface area contributed by atoms with Crippen LogP contribution in [0.25, 0.3) is 0 Å². The van der Waals surface area contributed by atoms with Crippen molar-refractivity contribution in [3.8, 4) is 0 Å². The molecule has 0 aliphatic rings. The number of rotatable bonds is 5. The number of carbonyl (C=O) groups excluding carboxylic acids is 1. The van der Waals surface area contributed by atoms with Gasteiger partial charge in [0, 0.05) is 0 Å². The molecule has 0 aliphatic carbocycles. The molecular formula is C5H10N2O4S. The fourth-order valence-electron chi connectivity index (χ4n) is 0.362. The van der Waals surface area contributed by atoms with E-state index < -0.39 is 22.7 Å². The van der Waals surface area contributed by atoms with Crippen molar-refractivity contribution in [1.29, 1.82) is 0 Å². The van der Waals surface area contributed by atoms with E-state index in [0.29, 0.717) is 0 Å². The summed E-state index contributed by atoms with van der Waals surface area (Å²) in [5.74, 6) is -0.705. The standard InChI is InChI=1S/C5H10N2O4S/c1-2-3-11-5(8)4-7-12(6,9)10/h2,7H,1,3-4H2,(H2,6,9,10). The zero-order chi connectivity index (χ0) is 9.61. The first kappa shape index (κ1) is 11.1. The highest BCUT2D eigenvalue weighted by atomic mass is 32.2. The number of carbonyl (C=O) groups is 1. The van der Waals surface area contributed by atoms with Gasteiger partial charge in [-0.05, 0) is 0 Å². The highest BCUT2D eigenvalue weighted by Gasteiger charge is 2.06. The van der Waals surface area contributed by atoms with Crippen LogP contribution in [0.15, 0.2) is 12.7 Å². The molecule has 0 fully saturated rings. The van der Waals surface area contributed by atoms with Crippen molar-refractivity contribution in [3.63, 3.8) is 0 Å². The van der Waals surface area contributed by atoms with Gasteiger partial charge in [-0.2, -0.15) is 13.1 Å². The first-order chi connectivity index (χ1) is 5.45. The summed E-state index contributed by atoms with van der Waals surface area (Å²) in [6.07, 6.45) is 1.37. The molecule has 0 heterocycles. The summed E-state index contributed by atoms with van der Waals surface area (Å²) >= 11 is 0. The maximum atomic E-state index is 10.6. The Morgan fingerprint density at radius 1 is 1.67 bits per heavy atom. The lowest BCUT2D eigenvalue weighted by atomic mass is 10.6. The van der Waals surface area contributed by atoms with Crippen LogP contribution >= 0.6 is 0 Å². The van der Waals surface area contributed by atoms with Gasteiger partial charge in [0.15, 0.2) is 0 Å². The summed E-state index contributed by atoms with van der Waals surface area (Å²) in [7, 11) is -3.82. The number of nitrogens with two attached hydrogens (primary N) is 1. The zero-order valence-corrected chi connectivity index (χ0v) is 7.13. The summed E-state index contributed by atoms with van der Waals surface area (Å²) in [6.45, 7) is 2.88. The summed E-state index contributed by atoms with van der Waals surface area (Å²) in [5, 5.41) is 4.55. The molecule has 0 aromatic rings. The van der Waals surface area contributed by atoms with Gasteiger partial charge in [0.2, 0.25) is 0 Å². The third-order valence-electron chi connectivity index (χ3n) is 0.780. The summed E-state index contributed by atoms with van der Waals surface area (Å²) in [4.78, 5) is 10.6. The number of hydrogen-bond acceptors (Lipinski definition) is 4. The van der Waals surface area contributed by atoms with Gasteiger partial charge < -0.3 is 4.74 Å². The lowest BCUT2D eigenvalue weighted by molar-refractivity contribution is -0.140. The van der Waals surface area contributed by atoms with Crippen LogP contribution in [-0.4, -0.2) is 27.5 Å². The van der Waals surface area contributed by atoms with Crippen LogP contribution in [0, 0.1) is 0 Å². The van der Waals surface area contributed by atoms with Gasteiger partial charge in [0.25, 0.3) is 10.2 Å². The number of ether oxygens (including phenoxy) is 1. The van der Waals surface area contributed by atoms with E-state index in [-0.39, 0.29) is 6.61 Å². The molecule has 0 unspecified atom stereocenters. The Balaban J connectivity index is 3.65. The van der Waals surface area contributed by atoms with Gasteiger partial charge in [-0.25, -0.2) is 5.14 Å². The molecule has 0 atom stereocenters. The monoisotopic (exact) mass is 194 g/mol. The fraction of sp³-hybridized carbons (Fsp3) is 0.400. The van der Waals surface area contributed by atoms with E-state index in [0.717, 1.165) is 0 Å². The third kappa shape index (κ3) is 7.19. The minimum absolute atomic E-state index is 0.0468. The first-order valence-corrected chi connectivity index (χ1v) is 4.54. The molecule has 0 aromatic carbocycles. The second kappa shape index (κ2) is 4.86. The predicted molar refractivity (Wildman–Crippen MR) is 42.3 cm³/mol. The number of esters is 1.